The Morgan fingerprint density at radius 3 is 2.82 bits per heavy atom. The van der Waals surface area contributed by atoms with Gasteiger partial charge in [-0.05, 0) is 30.7 Å². The summed E-state index contributed by atoms with van der Waals surface area (Å²) in [6.45, 7) is 9.02. The van der Waals surface area contributed by atoms with Crippen LogP contribution in [0.15, 0.2) is 0 Å². The molecular weight excluding hydrogens is 240 g/mol. The predicted molar refractivity (Wildman–Crippen MR) is 64.9 cm³/mol. The Morgan fingerprint density at radius 1 is 1.59 bits per heavy atom. The van der Waals surface area contributed by atoms with Gasteiger partial charge in [0.05, 0.1) is 17.5 Å². The Bertz CT molecular complexity index is 391. The average molecular weight is 259 g/mol. The lowest BCUT2D eigenvalue weighted by Crippen LogP contribution is -2.52. The summed E-state index contributed by atoms with van der Waals surface area (Å²) in [6.07, 6.45) is 1.22. The highest BCUT2D eigenvalue weighted by molar-refractivity contribution is 6.20. The third kappa shape index (κ3) is 2.06. The Balaban J connectivity index is 2.17. The highest BCUT2D eigenvalue weighted by Crippen LogP contribution is 2.51. The van der Waals surface area contributed by atoms with Crippen molar-refractivity contribution < 1.29 is 4.74 Å². The molecule has 0 N–H and O–H groups in total. The van der Waals surface area contributed by atoms with E-state index in [1.807, 2.05) is 18.5 Å². The Kier molecular flexibility index (Phi) is 3.41. The Labute approximate surface area is 106 Å². The van der Waals surface area contributed by atoms with Crippen molar-refractivity contribution in [3.05, 3.63) is 5.82 Å². The van der Waals surface area contributed by atoms with Gasteiger partial charge in [0.2, 0.25) is 0 Å². The molecule has 0 spiro atoms. The van der Waals surface area contributed by atoms with Crippen molar-refractivity contribution in [2.24, 2.45) is 5.41 Å². The monoisotopic (exact) mass is 258 g/mol. The minimum Gasteiger partial charge on any atom is -0.378 e. The number of tetrazole rings is 1. The largest absolute Gasteiger partial charge is 0.378 e. The van der Waals surface area contributed by atoms with Crippen LogP contribution in [0.3, 0.4) is 0 Å². The second-order valence-electron chi connectivity index (χ2n) is 5.11. The second kappa shape index (κ2) is 4.53. The first-order chi connectivity index (χ1) is 7.98. The molecule has 3 atom stereocenters. The zero-order valence-electron chi connectivity index (χ0n) is 10.7. The molecule has 1 aliphatic carbocycles. The van der Waals surface area contributed by atoms with E-state index in [9.17, 15) is 0 Å². The first-order valence-corrected chi connectivity index (χ1v) is 6.45. The van der Waals surface area contributed by atoms with Crippen molar-refractivity contribution in [2.75, 3.05) is 6.61 Å². The lowest BCUT2D eigenvalue weighted by Gasteiger charge is -2.51. The number of ether oxygens (including phenoxy) is 1. The van der Waals surface area contributed by atoms with Crippen molar-refractivity contribution in [1.29, 1.82) is 0 Å². The zero-order valence-corrected chi connectivity index (χ0v) is 11.5. The molecule has 5 nitrogen and oxygen atoms in total. The van der Waals surface area contributed by atoms with E-state index in [1.54, 1.807) is 0 Å². The van der Waals surface area contributed by atoms with Crippen LogP contribution in [-0.4, -0.2) is 32.9 Å². The molecule has 3 unspecified atom stereocenters. The summed E-state index contributed by atoms with van der Waals surface area (Å²) in [5.41, 5.74) is 0.0475. The zero-order chi connectivity index (χ0) is 12.6. The number of halogens is 1. The van der Waals surface area contributed by atoms with Crippen molar-refractivity contribution in [3.8, 4) is 0 Å². The molecule has 0 aliphatic heterocycles. The topological polar surface area (TPSA) is 52.8 Å². The van der Waals surface area contributed by atoms with E-state index in [4.69, 9.17) is 16.3 Å². The van der Waals surface area contributed by atoms with E-state index < -0.39 is 0 Å². The van der Waals surface area contributed by atoms with Crippen LogP contribution in [0.5, 0.6) is 0 Å². The van der Waals surface area contributed by atoms with Gasteiger partial charge < -0.3 is 4.74 Å². The summed E-state index contributed by atoms with van der Waals surface area (Å²) in [4.78, 5) is 0. The molecule has 1 aromatic heterocycles. The second-order valence-corrected chi connectivity index (χ2v) is 5.77. The molecule has 1 heterocycles. The molecule has 6 heteroatoms. The lowest BCUT2D eigenvalue weighted by molar-refractivity contribution is -0.132. The Morgan fingerprint density at radius 2 is 2.29 bits per heavy atom. The first kappa shape index (κ1) is 12.8. The van der Waals surface area contributed by atoms with Gasteiger partial charge in [-0.15, -0.1) is 16.7 Å². The number of alkyl halides is 1. The first-order valence-electron chi connectivity index (χ1n) is 6.01. The highest BCUT2D eigenvalue weighted by atomic mass is 35.5. The predicted octanol–water partition coefficient (Wildman–Crippen LogP) is 2.35. The van der Waals surface area contributed by atoms with Gasteiger partial charge in [0.1, 0.15) is 0 Å². The summed E-state index contributed by atoms with van der Waals surface area (Å²) in [7, 11) is 0. The van der Waals surface area contributed by atoms with E-state index in [1.165, 1.54) is 0 Å². The van der Waals surface area contributed by atoms with Crippen LogP contribution >= 0.6 is 11.6 Å². The molecule has 0 aromatic carbocycles. The molecule has 2 rings (SSSR count). The average Bonchev–Trinajstić information content (AvgIpc) is 2.72. The molecule has 1 aromatic rings. The molecular formula is C11H19ClN4O. The van der Waals surface area contributed by atoms with Gasteiger partial charge >= 0.3 is 0 Å². The van der Waals surface area contributed by atoms with E-state index in [2.05, 4.69) is 29.4 Å². The van der Waals surface area contributed by atoms with Crippen molar-refractivity contribution in [2.45, 2.75) is 51.6 Å². The van der Waals surface area contributed by atoms with Crippen molar-refractivity contribution in [3.63, 3.8) is 0 Å². The van der Waals surface area contributed by atoms with E-state index >= 15 is 0 Å². The summed E-state index contributed by atoms with van der Waals surface area (Å²) < 4.78 is 7.56. The SMILES string of the molecule is CCOC1CC(n2nnnc2C(C)Cl)C1(C)C. The summed E-state index contributed by atoms with van der Waals surface area (Å²) in [5.74, 6) is 0.736. The van der Waals surface area contributed by atoms with E-state index in [-0.39, 0.29) is 22.9 Å². The molecule has 0 amide bonds. The molecule has 96 valence electrons. The van der Waals surface area contributed by atoms with Gasteiger partial charge in [-0.3, -0.25) is 0 Å². The highest BCUT2D eigenvalue weighted by Gasteiger charge is 2.51. The van der Waals surface area contributed by atoms with Crippen LogP contribution in [-0.2, 0) is 4.74 Å². The third-order valence-electron chi connectivity index (χ3n) is 3.66. The molecule has 17 heavy (non-hydrogen) atoms. The van der Waals surface area contributed by atoms with Gasteiger partial charge in [0.15, 0.2) is 5.82 Å². The molecule has 1 saturated carbocycles. The van der Waals surface area contributed by atoms with E-state index in [0.29, 0.717) is 0 Å². The molecule has 1 fully saturated rings. The smallest absolute Gasteiger partial charge is 0.169 e. The van der Waals surface area contributed by atoms with Crippen LogP contribution in [0.25, 0.3) is 0 Å². The minimum atomic E-state index is -0.174. The van der Waals surface area contributed by atoms with Crippen molar-refractivity contribution >= 4 is 11.6 Å². The summed E-state index contributed by atoms with van der Waals surface area (Å²) >= 11 is 6.07. The van der Waals surface area contributed by atoms with Gasteiger partial charge in [0, 0.05) is 12.0 Å². The Hall–Kier alpha value is -0.680. The van der Waals surface area contributed by atoms with Gasteiger partial charge in [-0.25, -0.2) is 4.68 Å². The fourth-order valence-electron chi connectivity index (χ4n) is 2.45. The number of rotatable bonds is 4. The molecule has 0 saturated heterocycles. The van der Waals surface area contributed by atoms with Crippen LogP contribution in [0.4, 0.5) is 0 Å². The lowest BCUT2D eigenvalue weighted by atomic mass is 9.64. The number of hydrogen-bond donors (Lipinski definition) is 0. The van der Waals surface area contributed by atoms with Gasteiger partial charge in [0.25, 0.3) is 0 Å². The number of aromatic nitrogens is 4. The van der Waals surface area contributed by atoms with E-state index in [0.717, 1.165) is 18.9 Å². The van der Waals surface area contributed by atoms with Gasteiger partial charge in [-0.1, -0.05) is 13.8 Å². The number of hydrogen-bond acceptors (Lipinski definition) is 4. The molecule has 0 bridgehead atoms. The van der Waals surface area contributed by atoms with Gasteiger partial charge in [-0.2, -0.15) is 0 Å². The fourth-order valence-corrected chi connectivity index (χ4v) is 2.59. The molecule has 0 radical (unpaired) electrons. The van der Waals surface area contributed by atoms with Crippen LogP contribution in [0, 0.1) is 5.41 Å². The normalized spacial score (nSPS) is 28.8. The van der Waals surface area contributed by atoms with Crippen LogP contribution in [0.2, 0.25) is 0 Å². The number of nitrogens with zero attached hydrogens (tertiary/aromatic N) is 4. The maximum absolute atomic E-state index is 6.07. The standard InChI is InChI=1S/C11H19ClN4O/c1-5-17-9-6-8(11(9,3)4)16-10(7(2)12)13-14-15-16/h7-9H,5-6H2,1-4H3. The quantitative estimate of drug-likeness (QED) is 0.778. The fraction of sp³-hybridized carbons (Fsp3) is 0.909. The van der Waals surface area contributed by atoms with Crippen LogP contribution < -0.4 is 0 Å². The third-order valence-corrected chi connectivity index (χ3v) is 3.86. The maximum atomic E-state index is 6.07. The summed E-state index contributed by atoms with van der Waals surface area (Å²) in [6, 6.07) is 0.269. The summed E-state index contributed by atoms with van der Waals surface area (Å²) in [5, 5.41) is 11.6. The maximum Gasteiger partial charge on any atom is 0.169 e. The van der Waals surface area contributed by atoms with Crippen molar-refractivity contribution in [1.82, 2.24) is 20.2 Å². The van der Waals surface area contributed by atoms with Crippen LogP contribution in [0.1, 0.15) is 51.4 Å². The minimum absolute atomic E-state index is 0.0475. The molecule has 1 aliphatic rings.